The highest BCUT2D eigenvalue weighted by Crippen LogP contribution is 2.05. The highest BCUT2D eigenvalue weighted by molar-refractivity contribution is 6.20. The van der Waals surface area contributed by atoms with Crippen molar-refractivity contribution in [2.45, 2.75) is 18.2 Å². The van der Waals surface area contributed by atoms with Crippen LogP contribution in [0.1, 0.15) is 12.8 Å². The molecule has 0 aromatic carbocycles. The van der Waals surface area contributed by atoms with Gasteiger partial charge in [0.15, 0.2) is 0 Å². The SMILES string of the molecule is CN(C)CC(Cl)CCC(=O)O. The van der Waals surface area contributed by atoms with E-state index in [0.29, 0.717) is 6.42 Å². The van der Waals surface area contributed by atoms with Gasteiger partial charge in [0.1, 0.15) is 0 Å². The standard InChI is InChI=1S/C7H14ClNO2/c1-9(2)5-6(8)3-4-7(10)11/h6H,3-5H2,1-2H3,(H,10,11). The van der Waals surface area contributed by atoms with Crippen molar-refractivity contribution in [1.82, 2.24) is 4.90 Å². The van der Waals surface area contributed by atoms with Crippen molar-refractivity contribution in [3.05, 3.63) is 0 Å². The maximum atomic E-state index is 10.1. The molecule has 0 aromatic heterocycles. The first-order valence-electron chi connectivity index (χ1n) is 3.53. The van der Waals surface area contributed by atoms with E-state index in [2.05, 4.69) is 0 Å². The van der Waals surface area contributed by atoms with E-state index in [1.54, 1.807) is 0 Å². The van der Waals surface area contributed by atoms with E-state index in [1.807, 2.05) is 19.0 Å². The molecule has 0 fully saturated rings. The molecule has 1 unspecified atom stereocenters. The molecule has 3 nitrogen and oxygen atoms in total. The summed E-state index contributed by atoms with van der Waals surface area (Å²) in [5, 5.41) is 8.27. The monoisotopic (exact) mass is 179 g/mol. The van der Waals surface area contributed by atoms with E-state index in [-0.39, 0.29) is 11.8 Å². The smallest absolute Gasteiger partial charge is 0.303 e. The molecular formula is C7H14ClNO2. The van der Waals surface area contributed by atoms with Crippen molar-refractivity contribution in [2.75, 3.05) is 20.6 Å². The van der Waals surface area contributed by atoms with Crippen LogP contribution >= 0.6 is 11.6 Å². The minimum absolute atomic E-state index is 0.0545. The molecule has 1 atom stereocenters. The largest absolute Gasteiger partial charge is 0.481 e. The van der Waals surface area contributed by atoms with Gasteiger partial charge in [0.05, 0.1) is 0 Å². The fourth-order valence-electron chi connectivity index (χ4n) is 0.768. The van der Waals surface area contributed by atoms with Gasteiger partial charge < -0.3 is 10.0 Å². The second-order valence-corrected chi connectivity index (χ2v) is 3.41. The third kappa shape index (κ3) is 7.62. The molecule has 0 spiro atoms. The van der Waals surface area contributed by atoms with Crippen LogP contribution in [0.5, 0.6) is 0 Å². The van der Waals surface area contributed by atoms with Crippen molar-refractivity contribution in [3.8, 4) is 0 Å². The lowest BCUT2D eigenvalue weighted by Crippen LogP contribution is -2.22. The summed E-state index contributed by atoms with van der Waals surface area (Å²) < 4.78 is 0. The summed E-state index contributed by atoms with van der Waals surface area (Å²) in [7, 11) is 3.83. The fourth-order valence-corrected chi connectivity index (χ4v) is 1.15. The number of hydrogen-bond donors (Lipinski definition) is 1. The minimum atomic E-state index is -0.783. The summed E-state index contributed by atoms with van der Waals surface area (Å²) in [5.41, 5.74) is 0. The number of carbonyl (C=O) groups is 1. The van der Waals surface area contributed by atoms with Gasteiger partial charge in [-0.05, 0) is 20.5 Å². The van der Waals surface area contributed by atoms with Gasteiger partial charge in [-0.3, -0.25) is 4.79 Å². The summed E-state index contributed by atoms with van der Waals surface area (Å²) in [5.74, 6) is -0.783. The molecule has 0 rings (SSSR count). The Morgan fingerprint density at radius 1 is 1.64 bits per heavy atom. The van der Waals surface area contributed by atoms with Crippen molar-refractivity contribution in [2.24, 2.45) is 0 Å². The number of aliphatic carboxylic acids is 1. The highest BCUT2D eigenvalue weighted by Gasteiger charge is 2.07. The minimum Gasteiger partial charge on any atom is -0.481 e. The zero-order valence-corrected chi connectivity index (χ0v) is 7.64. The highest BCUT2D eigenvalue weighted by atomic mass is 35.5. The first kappa shape index (κ1) is 10.7. The van der Waals surface area contributed by atoms with E-state index in [0.717, 1.165) is 6.54 Å². The number of alkyl halides is 1. The molecule has 0 radical (unpaired) electrons. The topological polar surface area (TPSA) is 40.5 Å². The Hall–Kier alpha value is -0.280. The van der Waals surface area contributed by atoms with Gasteiger partial charge in [0.25, 0.3) is 0 Å². The van der Waals surface area contributed by atoms with Crippen LogP contribution in [0.15, 0.2) is 0 Å². The Morgan fingerprint density at radius 3 is 2.55 bits per heavy atom. The van der Waals surface area contributed by atoms with Crippen LogP contribution in [-0.4, -0.2) is 42.0 Å². The molecule has 0 aliphatic rings. The van der Waals surface area contributed by atoms with Crippen LogP contribution in [-0.2, 0) is 4.79 Å². The molecule has 0 aliphatic heterocycles. The number of carboxylic acids is 1. The van der Waals surface area contributed by atoms with E-state index in [4.69, 9.17) is 16.7 Å². The van der Waals surface area contributed by atoms with E-state index in [1.165, 1.54) is 0 Å². The van der Waals surface area contributed by atoms with Gasteiger partial charge in [-0.15, -0.1) is 11.6 Å². The van der Waals surface area contributed by atoms with E-state index >= 15 is 0 Å². The number of nitrogens with zero attached hydrogens (tertiary/aromatic N) is 1. The third-order valence-corrected chi connectivity index (χ3v) is 1.59. The number of rotatable bonds is 5. The molecule has 0 saturated carbocycles. The number of carboxylic acid groups (broad SMARTS) is 1. The predicted octanol–water partition coefficient (Wildman–Crippen LogP) is 1.02. The third-order valence-electron chi connectivity index (χ3n) is 1.23. The van der Waals surface area contributed by atoms with Crippen LogP contribution < -0.4 is 0 Å². The molecular weight excluding hydrogens is 166 g/mol. The Bertz CT molecular complexity index is 128. The van der Waals surface area contributed by atoms with Gasteiger partial charge >= 0.3 is 5.97 Å². The summed E-state index contributed by atoms with van der Waals surface area (Å²) in [6, 6.07) is 0. The molecule has 0 aliphatic carbocycles. The summed E-state index contributed by atoms with van der Waals surface area (Å²) in [6.45, 7) is 0.731. The summed E-state index contributed by atoms with van der Waals surface area (Å²) >= 11 is 5.81. The maximum absolute atomic E-state index is 10.1. The van der Waals surface area contributed by atoms with Crippen molar-refractivity contribution in [3.63, 3.8) is 0 Å². The normalized spacial score (nSPS) is 13.5. The molecule has 1 N–H and O–H groups in total. The first-order chi connectivity index (χ1) is 5.02. The van der Waals surface area contributed by atoms with Crippen molar-refractivity contribution < 1.29 is 9.90 Å². The van der Waals surface area contributed by atoms with E-state index in [9.17, 15) is 4.79 Å². The van der Waals surface area contributed by atoms with Gasteiger partial charge in [0.2, 0.25) is 0 Å². The predicted molar refractivity (Wildman–Crippen MR) is 45.1 cm³/mol. The zero-order valence-electron chi connectivity index (χ0n) is 6.88. The molecule has 0 saturated heterocycles. The second-order valence-electron chi connectivity index (χ2n) is 2.79. The Morgan fingerprint density at radius 2 is 2.18 bits per heavy atom. The average molecular weight is 180 g/mol. The molecule has 0 heterocycles. The summed E-state index contributed by atoms with van der Waals surface area (Å²) in [6.07, 6.45) is 0.692. The first-order valence-corrected chi connectivity index (χ1v) is 3.96. The lowest BCUT2D eigenvalue weighted by Gasteiger charge is -2.13. The van der Waals surface area contributed by atoms with Crippen molar-refractivity contribution >= 4 is 17.6 Å². The van der Waals surface area contributed by atoms with Crippen LogP contribution in [0.25, 0.3) is 0 Å². The van der Waals surface area contributed by atoms with Crippen LogP contribution in [0.4, 0.5) is 0 Å². The fraction of sp³-hybridized carbons (Fsp3) is 0.857. The second kappa shape index (κ2) is 5.38. The Labute approximate surface area is 71.9 Å². The molecule has 66 valence electrons. The molecule has 11 heavy (non-hydrogen) atoms. The lowest BCUT2D eigenvalue weighted by molar-refractivity contribution is -0.137. The number of halogens is 1. The van der Waals surface area contributed by atoms with Gasteiger partial charge in [-0.2, -0.15) is 0 Å². The van der Waals surface area contributed by atoms with Gasteiger partial charge in [-0.1, -0.05) is 0 Å². The van der Waals surface area contributed by atoms with E-state index < -0.39 is 5.97 Å². The van der Waals surface area contributed by atoms with Crippen LogP contribution in [0, 0.1) is 0 Å². The zero-order chi connectivity index (χ0) is 8.85. The average Bonchev–Trinajstić information content (AvgIpc) is 1.82. The lowest BCUT2D eigenvalue weighted by atomic mass is 10.2. The van der Waals surface area contributed by atoms with Crippen molar-refractivity contribution in [1.29, 1.82) is 0 Å². The molecule has 4 heteroatoms. The summed E-state index contributed by atoms with van der Waals surface area (Å²) in [4.78, 5) is 12.1. The number of hydrogen-bond acceptors (Lipinski definition) is 2. The van der Waals surface area contributed by atoms with Gasteiger partial charge in [-0.25, -0.2) is 0 Å². The molecule has 0 bridgehead atoms. The Balaban J connectivity index is 3.37. The quantitative estimate of drug-likeness (QED) is 0.641. The Kier molecular flexibility index (Phi) is 5.24. The van der Waals surface area contributed by atoms with Crippen LogP contribution in [0.2, 0.25) is 0 Å². The van der Waals surface area contributed by atoms with Crippen LogP contribution in [0.3, 0.4) is 0 Å². The maximum Gasteiger partial charge on any atom is 0.303 e. The molecule has 0 amide bonds. The molecule has 0 aromatic rings. The van der Waals surface area contributed by atoms with Gasteiger partial charge in [0, 0.05) is 18.3 Å².